The number of Topliss-reactive ketones (excluding diaryl/α,β-unsaturated/α-hetero) is 1. The standard InChI is InChI=1S/C21H21ClN2O3S/c1-21(2)8-15-19(16(25)9-21)18(12-4-6-13(22)7-5-12)14(10-23)20(24-15)28-11-17(26)27-3/h4-7,18,24H,8-9,11H2,1-3H3/t18-/m0/s1. The highest BCUT2D eigenvalue weighted by molar-refractivity contribution is 8.03. The first kappa shape index (κ1) is 20.5. The van der Waals surface area contributed by atoms with Crippen molar-refractivity contribution in [2.75, 3.05) is 12.9 Å². The van der Waals surface area contributed by atoms with Crippen LogP contribution in [0.5, 0.6) is 0 Å². The van der Waals surface area contributed by atoms with E-state index >= 15 is 0 Å². The minimum atomic E-state index is -0.470. The van der Waals surface area contributed by atoms with Crippen LogP contribution < -0.4 is 5.32 Å². The highest BCUT2D eigenvalue weighted by Crippen LogP contribution is 2.47. The van der Waals surface area contributed by atoms with Crippen LogP contribution in [0.3, 0.4) is 0 Å². The Morgan fingerprint density at radius 3 is 2.64 bits per heavy atom. The third-order valence-corrected chi connectivity index (χ3v) is 6.13. The molecule has 7 heteroatoms. The molecule has 1 heterocycles. The van der Waals surface area contributed by atoms with Gasteiger partial charge in [0.15, 0.2) is 5.78 Å². The van der Waals surface area contributed by atoms with Crippen molar-refractivity contribution in [3.8, 4) is 6.07 Å². The van der Waals surface area contributed by atoms with E-state index in [0.717, 1.165) is 11.3 Å². The number of esters is 1. The van der Waals surface area contributed by atoms with Crippen molar-refractivity contribution in [1.82, 2.24) is 5.32 Å². The van der Waals surface area contributed by atoms with Crippen LogP contribution in [-0.4, -0.2) is 24.6 Å². The molecule has 1 N–H and O–H groups in total. The van der Waals surface area contributed by atoms with E-state index in [1.165, 1.54) is 18.9 Å². The van der Waals surface area contributed by atoms with Crippen LogP contribution in [0.4, 0.5) is 0 Å². The van der Waals surface area contributed by atoms with Crippen molar-refractivity contribution in [3.05, 3.63) is 56.7 Å². The third-order valence-electron chi connectivity index (χ3n) is 4.89. The summed E-state index contributed by atoms with van der Waals surface area (Å²) in [6.45, 7) is 4.11. The summed E-state index contributed by atoms with van der Waals surface area (Å²) in [6.07, 6.45) is 1.13. The lowest BCUT2D eigenvalue weighted by atomic mass is 9.69. The number of hydrogen-bond acceptors (Lipinski definition) is 6. The summed E-state index contributed by atoms with van der Waals surface area (Å²) in [7, 11) is 1.33. The zero-order valence-corrected chi connectivity index (χ0v) is 17.5. The number of carbonyl (C=O) groups is 2. The molecule has 1 aliphatic carbocycles. The van der Waals surface area contributed by atoms with E-state index in [0.29, 0.717) is 34.0 Å². The van der Waals surface area contributed by atoms with Gasteiger partial charge < -0.3 is 10.1 Å². The number of nitriles is 1. The fraction of sp³-hybridized carbons (Fsp3) is 0.381. The summed E-state index contributed by atoms with van der Waals surface area (Å²) in [6, 6.07) is 9.46. The Morgan fingerprint density at radius 2 is 2.04 bits per heavy atom. The smallest absolute Gasteiger partial charge is 0.316 e. The van der Waals surface area contributed by atoms with Gasteiger partial charge >= 0.3 is 5.97 Å². The van der Waals surface area contributed by atoms with E-state index in [2.05, 4.69) is 25.2 Å². The molecule has 1 aliphatic heterocycles. The maximum atomic E-state index is 13.0. The Bertz CT molecular complexity index is 926. The first-order chi connectivity index (χ1) is 13.3. The summed E-state index contributed by atoms with van der Waals surface area (Å²) >= 11 is 7.25. The summed E-state index contributed by atoms with van der Waals surface area (Å²) in [5.41, 5.74) is 2.56. The van der Waals surface area contributed by atoms with Crippen molar-refractivity contribution >= 4 is 35.1 Å². The number of nitrogens with zero attached hydrogens (tertiary/aromatic N) is 1. The zero-order valence-electron chi connectivity index (χ0n) is 16.0. The lowest BCUT2D eigenvalue weighted by Crippen LogP contribution is -2.37. The van der Waals surface area contributed by atoms with Crippen molar-refractivity contribution < 1.29 is 14.3 Å². The van der Waals surface area contributed by atoms with Crippen LogP contribution in [0.1, 0.15) is 38.2 Å². The van der Waals surface area contributed by atoms with Crippen LogP contribution in [0, 0.1) is 16.7 Å². The molecule has 1 aromatic carbocycles. The van der Waals surface area contributed by atoms with Crippen molar-refractivity contribution in [1.29, 1.82) is 5.26 Å². The maximum Gasteiger partial charge on any atom is 0.316 e. The van der Waals surface area contributed by atoms with Gasteiger partial charge in [-0.05, 0) is 29.5 Å². The molecule has 5 nitrogen and oxygen atoms in total. The van der Waals surface area contributed by atoms with E-state index in [9.17, 15) is 14.9 Å². The molecule has 0 spiro atoms. The minimum Gasteiger partial charge on any atom is -0.468 e. The summed E-state index contributed by atoms with van der Waals surface area (Å²) in [4.78, 5) is 24.7. The molecule has 0 saturated carbocycles. The van der Waals surface area contributed by atoms with Gasteiger partial charge in [0.2, 0.25) is 0 Å². The predicted octanol–water partition coefficient (Wildman–Crippen LogP) is 4.31. The number of hydrogen-bond donors (Lipinski definition) is 1. The average molecular weight is 417 g/mol. The van der Waals surface area contributed by atoms with Gasteiger partial charge in [0.05, 0.1) is 35.5 Å². The lowest BCUT2D eigenvalue weighted by Gasteiger charge is -2.39. The molecule has 3 rings (SSSR count). The quantitative estimate of drug-likeness (QED) is 0.736. The van der Waals surface area contributed by atoms with Gasteiger partial charge in [0, 0.05) is 22.7 Å². The molecule has 28 heavy (non-hydrogen) atoms. The molecule has 0 saturated heterocycles. The second-order valence-electron chi connectivity index (χ2n) is 7.66. The van der Waals surface area contributed by atoms with E-state index in [4.69, 9.17) is 16.3 Å². The number of rotatable bonds is 4. The highest BCUT2D eigenvalue weighted by atomic mass is 35.5. The fourth-order valence-corrected chi connectivity index (χ4v) is 4.69. The normalized spacial score (nSPS) is 21.0. The second-order valence-corrected chi connectivity index (χ2v) is 9.08. The highest BCUT2D eigenvalue weighted by Gasteiger charge is 2.41. The largest absolute Gasteiger partial charge is 0.468 e. The Morgan fingerprint density at radius 1 is 1.36 bits per heavy atom. The predicted molar refractivity (Wildman–Crippen MR) is 109 cm³/mol. The zero-order chi connectivity index (χ0) is 20.5. The Hall–Kier alpha value is -2.23. The maximum absolute atomic E-state index is 13.0. The van der Waals surface area contributed by atoms with Gasteiger partial charge in [-0.2, -0.15) is 5.26 Å². The number of ether oxygens (including phenoxy) is 1. The third kappa shape index (κ3) is 4.11. The Balaban J connectivity index is 2.11. The van der Waals surface area contributed by atoms with E-state index in [-0.39, 0.29) is 22.9 Å². The second kappa shape index (κ2) is 8.02. The van der Waals surface area contributed by atoms with Crippen LogP contribution in [0.25, 0.3) is 0 Å². The van der Waals surface area contributed by atoms with Crippen molar-refractivity contribution in [2.24, 2.45) is 5.41 Å². The Kier molecular flexibility index (Phi) is 5.87. The van der Waals surface area contributed by atoms with Gasteiger partial charge in [-0.1, -0.05) is 49.3 Å². The molecule has 0 radical (unpaired) electrons. The summed E-state index contributed by atoms with van der Waals surface area (Å²) < 4.78 is 4.72. The molecule has 1 atom stereocenters. The van der Waals surface area contributed by atoms with E-state index < -0.39 is 5.92 Å². The number of ketones is 1. The summed E-state index contributed by atoms with van der Waals surface area (Å²) in [5.74, 6) is -0.720. The molecule has 0 unspecified atom stereocenters. The van der Waals surface area contributed by atoms with Crippen LogP contribution >= 0.6 is 23.4 Å². The van der Waals surface area contributed by atoms with Crippen LogP contribution in [0.15, 0.2) is 46.1 Å². The first-order valence-corrected chi connectivity index (χ1v) is 10.2. The van der Waals surface area contributed by atoms with E-state index in [1.807, 2.05) is 12.1 Å². The number of methoxy groups -OCH3 is 1. The number of allylic oxidation sites excluding steroid dienone is 3. The number of halogens is 1. The van der Waals surface area contributed by atoms with Crippen LogP contribution in [0.2, 0.25) is 5.02 Å². The minimum absolute atomic E-state index is 0.0449. The average Bonchev–Trinajstić information content (AvgIpc) is 2.64. The van der Waals surface area contributed by atoms with Gasteiger partial charge in [-0.15, -0.1) is 0 Å². The number of benzene rings is 1. The van der Waals surface area contributed by atoms with Gasteiger partial charge in [-0.25, -0.2) is 0 Å². The molecule has 1 aromatic rings. The SMILES string of the molecule is COC(=O)CSC1=C(C#N)[C@H](c2ccc(Cl)cc2)C2=C(CC(C)(C)CC2=O)N1. The summed E-state index contributed by atoms with van der Waals surface area (Å²) in [5, 5.41) is 14.4. The van der Waals surface area contributed by atoms with Crippen molar-refractivity contribution in [2.45, 2.75) is 32.6 Å². The van der Waals surface area contributed by atoms with E-state index in [1.54, 1.807) is 12.1 Å². The molecule has 0 fully saturated rings. The lowest BCUT2D eigenvalue weighted by molar-refractivity contribution is -0.137. The molecule has 0 amide bonds. The monoisotopic (exact) mass is 416 g/mol. The van der Waals surface area contributed by atoms with Crippen LogP contribution in [-0.2, 0) is 14.3 Å². The molecule has 0 aromatic heterocycles. The molecule has 2 aliphatic rings. The number of dihydropyridines is 1. The first-order valence-electron chi connectivity index (χ1n) is 8.88. The molecule has 146 valence electrons. The molecular weight excluding hydrogens is 396 g/mol. The number of thioether (sulfide) groups is 1. The fourth-order valence-electron chi connectivity index (χ4n) is 3.67. The Labute approximate surface area is 173 Å². The molecule has 0 bridgehead atoms. The number of nitrogens with one attached hydrogen (secondary N) is 1. The van der Waals surface area contributed by atoms with Crippen molar-refractivity contribution in [3.63, 3.8) is 0 Å². The van der Waals surface area contributed by atoms with Gasteiger partial charge in [0.25, 0.3) is 0 Å². The van der Waals surface area contributed by atoms with Gasteiger partial charge in [0.1, 0.15) is 0 Å². The van der Waals surface area contributed by atoms with Gasteiger partial charge in [-0.3, -0.25) is 9.59 Å². The molecular formula is C21H21ClN2O3S. The topological polar surface area (TPSA) is 79.2 Å². The number of carbonyl (C=O) groups excluding carboxylic acids is 2.